The summed E-state index contributed by atoms with van der Waals surface area (Å²) in [5.74, 6) is 0.00730. The molecule has 1 aliphatic rings. The zero-order valence-corrected chi connectivity index (χ0v) is 13.1. The molecule has 1 aliphatic carbocycles. The standard InChI is InChI=1S/C16H19Cl2NO/c1-19(12-6-3-2-4-7-12)16(20)11-10-13-14(17)8-5-9-15(13)18/h5,8-12H,2-4,6-7H2,1H3. The number of amides is 1. The predicted octanol–water partition coefficient (Wildman–Crippen LogP) is 4.80. The van der Waals surface area contributed by atoms with E-state index in [0.29, 0.717) is 21.7 Å². The third kappa shape index (κ3) is 3.77. The van der Waals surface area contributed by atoms with Gasteiger partial charge in [-0.15, -0.1) is 0 Å². The van der Waals surface area contributed by atoms with Crippen LogP contribution in [0, 0.1) is 0 Å². The summed E-state index contributed by atoms with van der Waals surface area (Å²) < 4.78 is 0. The Morgan fingerprint density at radius 3 is 2.40 bits per heavy atom. The van der Waals surface area contributed by atoms with Crippen LogP contribution in [0.2, 0.25) is 10.0 Å². The molecule has 0 N–H and O–H groups in total. The largest absolute Gasteiger partial charge is 0.339 e. The highest BCUT2D eigenvalue weighted by atomic mass is 35.5. The number of likely N-dealkylation sites (N-methyl/N-ethyl adjacent to an activating group) is 1. The van der Waals surface area contributed by atoms with Crippen molar-refractivity contribution < 1.29 is 4.79 Å². The van der Waals surface area contributed by atoms with E-state index in [4.69, 9.17) is 23.2 Å². The van der Waals surface area contributed by atoms with Gasteiger partial charge in [0.05, 0.1) is 0 Å². The minimum Gasteiger partial charge on any atom is -0.339 e. The van der Waals surface area contributed by atoms with Gasteiger partial charge in [-0.05, 0) is 31.1 Å². The number of benzene rings is 1. The molecule has 1 aromatic rings. The lowest BCUT2D eigenvalue weighted by Gasteiger charge is -2.30. The quantitative estimate of drug-likeness (QED) is 0.734. The summed E-state index contributed by atoms with van der Waals surface area (Å²) in [6.07, 6.45) is 9.16. The SMILES string of the molecule is CN(C(=O)C=Cc1c(Cl)cccc1Cl)C1CCCCC1. The molecular formula is C16H19Cl2NO. The Hall–Kier alpha value is -0.990. The van der Waals surface area contributed by atoms with Crippen molar-refractivity contribution >= 4 is 35.2 Å². The van der Waals surface area contributed by atoms with Gasteiger partial charge in [-0.3, -0.25) is 4.79 Å². The van der Waals surface area contributed by atoms with E-state index in [2.05, 4.69) is 0 Å². The molecule has 0 bridgehead atoms. The fourth-order valence-corrected chi connectivity index (χ4v) is 3.11. The monoisotopic (exact) mass is 311 g/mol. The molecule has 4 heteroatoms. The molecule has 20 heavy (non-hydrogen) atoms. The molecular weight excluding hydrogens is 293 g/mol. The molecule has 108 valence electrons. The van der Waals surface area contributed by atoms with Crippen LogP contribution in [-0.2, 0) is 4.79 Å². The first-order chi connectivity index (χ1) is 9.59. The van der Waals surface area contributed by atoms with E-state index >= 15 is 0 Å². The molecule has 1 amide bonds. The Labute approximate surface area is 130 Å². The highest BCUT2D eigenvalue weighted by Crippen LogP contribution is 2.26. The van der Waals surface area contributed by atoms with Crippen LogP contribution in [0.3, 0.4) is 0 Å². The molecule has 0 saturated heterocycles. The number of rotatable bonds is 3. The topological polar surface area (TPSA) is 20.3 Å². The molecule has 2 rings (SSSR count). The third-order valence-corrected chi connectivity index (χ3v) is 4.52. The smallest absolute Gasteiger partial charge is 0.246 e. The first-order valence-electron chi connectivity index (χ1n) is 6.98. The van der Waals surface area contributed by atoms with E-state index in [1.165, 1.54) is 19.3 Å². The van der Waals surface area contributed by atoms with Gasteiger partial charge in [0.25, 0.3) is 0 Å². The van der Waals surface area contributed by atoms with Crippen LogP contribution in [-0.4, -0.2) is 23.9 Å². The van der Waals surface area contributed by atoms with Crippen LogP contribution in [0.1, 0.15) is 37.7 Å². The van der Waals surface area contributed by atoms with E-state index in [1.807, 2.05) is 11.9 Å². The number of carbonyl (C=O) groups is 1. The van der Waals surface area contributed by atoms with Crippen molar-refractivity contribution in [2.45, 2.75) is 38.1 Å². The maximum atomic E-state index is 12.2. The Morgan fingerprint density at radius 2 is 1.80 bits per heavy atom. The van der Waals surface area contributed by atoms with Gasteiger partial charge in [0.15, 0.2) is 0 Å². The summed E-state index contributed by atoms with van der Waals surface area (Å²) in [6.45, 7) is 0. The fraction of sp³-hybridized carbons (Fsp3) is 0.438. The number of nitrogens with zero attached hydrogens (tertiary/aromatic N) is 1. The van der Waals surface area contributed by atoms with Gasteiger partial charge < -0.3 is 4.90 Å². The summed E-state index contributed by atoms with van der Waals surface area (Å²) >= 11 is 12.2. The normalized spacial score (nSPS) is 16.6. The Kier molecular flexibility index (Phi) is 5.50. The lowest BCUT2D eigenvalue weighted by Crippen LogP contribution is -2.37. The van der Waals surface area contributed by atoms with Crippen LogP contribution in [0.5, 0.6) is 0 Å². The summed E-state index contributed by atoms with van der Waals surface area (Å²) in [5, 5.41) is 1.11. The van der Waals surface area contributed by atoms with Gasteiger partial charge >= 0.3 is 0 Å². The molecule has 0 atom stereocenters. The van der Waals surface area contributed by atoms with Crippen molar-refractivity contribution in [3.05, 3.63) is 39.9 Å². The van der Waals surface area contributed by atoms with Crippen LogP contribution in [0.15, 0.2) is 24.3 Å². The lowest BCUT2D eigenvalue weighted by atomic mass is 9.94. The van der Waals surface area contributed by atoms with Gasteiger partial charge in [-0.1, -0.05) is 48.5 Å². The Bertz CT molecular complexity index is 487. The molecule has 1 aromatic carbocycles. The second kappa shape index (κ2) is 7.14. The van der Waals surface area contributed by atoms with Gasteiger partial charge in [0.2, 0.25) is 5.91 Å². The van der Waals surface area contributed by atoms with Gasteiger partial charge in [-0.25, -0.2) is 0 Å². The van der Waals surface area contributed by atoms with E-state index in [1.54, 1.807) is 30.4 Å². The summed E-state index contributed by atoms with van der Waals surface area (Å²) in [7, 11) is 1.87. The first kappa shape index (κ1) is 15.4. The molecule has 2 nitrogen and oxygen atoms in total. The number of hydrogen-bond acceptors (Lipinski definition) is 1. The molecule has 1 saturated carbocycles. The second-order valence-corrected chi connectivity index (χ2v) is 6.02. The minimum atomic E-state index is 0.00730. The van der Waals surface area contributed by atoms with Crippen molar-refractivity contribution in [3.8, 4) is 0 Å². The average Bonchev–Trinajstić information content (AvgIpc) is 2.46. The maximum absolute atomic E-state index is 12.2. The molecule has 0 radical (unpaired) electrons. The third-order valence-electron chi connectivity index (χ3n) is 3.86. The van der Waals surface area contributed by atoms with Crippen LogP contribution >= 0.6 is 23.2 Å². The summed E-state index contributed by atoms with van der Waals surface area (Å²) in [5.41, 5.74) is 0.696. The maximum Gasteiger partial charge on any atom is 0.246 e. The Balaban J connectivity index is 2.05. The van der Waals surface area contributed by atoms with E-state index < -0.39 is 0 Å². The van der Waals surface area contributed by atoms with Crippen molar-refractivity contribution in [1.82, 2.24) is 4.90 Å². The highest BCUT2D eigenvalue weighted by Gasteiger charge is 2.20. The molecule has 0 spiro atoms. The Morgan fingerprint density at radius 1 is 1.20 bits per heavy atom. The summed E-state index contributed by atoms with van der Waals surface area (Å²) in [6, 6.07) is 5.69. The van der Waals surface area contributed by atoms with Gasteiger partial charge in [0.1, 0.15) is 0 Å². The van der Waals surface area contributed by atoms with E-state index in [9.17, 15) is 4.79 Å². The number of hydrogen-bond donors (Lipinski definition) is 0. The molecule has 0 aromatic heterocycles. The molecule has 1 fully saturated rings. The van der Waals surface area contributed by atoms with Crippen molar-refractivity contribution in [2.24, 2.45) is 0 Å². The molecule has 0 heterocycles. The highest BCUT2D eigenvalue weighted by molar-refractivity contribution is 6.37. The molecule has 0 unspecified atom stereocenters. The average molecular weight is 312 g/mol. The fourth-order valence-electron chi connectivity index (χ4n) is 2.59. The summed E-state index contributed by atoms with van der Waals surface area (Å²) in [4.78, 5) is 14.0. The number of halogens is 2. The van der Waals surface area contributed by atoms with Crippen molar-refractivity contribution in [1.29, 1.82) is 0 Å². The lowest BCUT2D eigenvalue weighted by molar-refractivity contribution is -0.127. The molecule has 0 aliphatic heterocycles. The van der Waals surface area contributed by atoms with E-state index in [-0.39, 0.29) is 5.91 Å². The van der Waals surface area contributed by atoms with E-state index in [0.717, 1.165) is 12.8 Å². The first-order valence-corrected chi connectivity index (χ1v) is 7.74. The van der Waals surface area contributed by atoms with Crippen molar-refractivity contribution in [2.75, 3.05) is 7.05 Å². The zero-order valence-electron chi connectivity index (χ0n) is 11.6. The van der Waals surface area contributed by atoms with Crippen LogP contribution in [0.4, 0.5) is 0 Å². The van der Waals surface area contributed by atoms with Gasteiger partial charge in [0, 0.05) is 34.8 Å². The predicted molar refractivity (Wildman–Crippen MR) is 85.1 cm³/mol. The van der Waals surface area contributed by atoms with Crippen LogP contribution < -0.4 is 0 Å². The second-order valence-electron chi connectivity index (χ2n) is 5.21. The number of carbonyl (C=O) groups excluding carboxylic acids is 1. The zero-order chi connectivity index (χ0) is 14.5. The van der Waals surface area contributed by atoms with Crippen LogP contribution in [0.25, 0.3) is 6.08 Å². The minimum absolute atomic E-state index is 0.00730. The van der Waals surface area contributed by atoms with Gasteiger partial charge in [-0.2, -0.15) is 0 Å². The van der Waals surface area contributed by atoms with Crippen molar-refractivity contribution in [3.63, 3.8) is 0 Å².